The van der Waals surface area contributed by atoms with Gasteiger partial charge < -0.3 is 61.3 Å². The third kappa shape index (κ3) is 19.8. The van der Waals surface area contributed by atoms with E-state index >= 15 is 0 Å². The maximum Gasteiger partial charge on any atom is 0.118 e. The van der Waals surface area contributed by atoms with Crippen LogP contribution in [-0.2, 0) is 0 Å². The van der Waals surface area contributed by atoms with Crippen molar-refractivity contribution in [3.05, 3.63) is 487 Å². The Hall–Kier alpha value is -15.2. The first-order valence-electron chi connectivity index (χ1n) is 49.6. The number of aryl methyl sites for hydroxylation is 24. The van der Waals surface area contributed by atoms with Crippen molar-refractivity contribution in [3.8, 4) is 69.0 Å². The zero-order chi connectivity index (χ0) is 105. The van der Waals surface area contributed by atoms with Gasteiger partial charge in [0.25, 0.3) is 0 Å². The number of phenolic OH excluding ortho intramolecular Hbond substituents is 12. The fourth-order valence-electron chi connectivity index (χ4n) is 22.2. The molecule has 18 aromatic carbocycles. The van der Waals surface area contributed by atoms with Crippen LogP contribution in [0.3, 0.4) is 0 Å². The van der Waals surface area contributed by atoms with Gasteiger partial charge in [-0.15, -0.1) is 0 Å². The van der Waals surface area contributed by atoms with E-state index in [2.05, 4.69) is 220 Å². The topological polar surface area (TPSA) is 243 Å². The Kier molecular flexibility index (Phi) is 29.0. The monoisotopic (exact) mass is 1990 g/mol. The molecular weight excluding hydrogens is 1860 g/mol. The summed E-state index contributed by atoms with van der Waals surface area (Å²) in [5, 5.41) is 134. The molecule has 18 aromatic rings. The molecule has 738 valence electrons. The first kappa shape index (κ1) is 103. The van der Waals surface area contributed by atoms with Crippen LogP contribution in [0.15, 0.2) is 253 Å². The fraction of sp³-hybridized carbons (Fsp3) is 0.227. The van der Waals surface area contributed by atoms with E-state index in [1.807, 2.05) is 211 Å². The molecule has 0 radical (unpaired) electrons. The molecular formula is C132H131BrO12. The Labute approximate surface area is 861 Å². The fourth-order valence-corrected chi connectivity index (χ4v) is 22.9. The van der Waals surface area contributed by atoms with Gasteiger partial charge in [0.1, 0.15) is 69.0 Å². The SMILES string of the molecule is Cc1cc(C(c2cc(C)c(O)cc2C)c2c3ccccc3c(C(c3cc(C)c(O)cc3C)c3cc(C)c(O)cc3C)c3ccccc23)c(C)cc1O.Cc1cc(C(c2cc(C)c(O)cc2C)c2ccc(C(c3cc(C)c(O)cc3C)c3cc(C)c(O)cc3C)c3ccccc23)c(C)cc1O.Cc1cc(C(c2ccc(C(c3cc(C)c(O)cc3C)c3cc(C)c(O)cc3C)c(Br)c2)c2cc(C)c(O)cc2C)c(C)cc1O. The predicted molar refractivity (Wildman–Crippen MR) is 596 cm³/mol. The summed E-state index contributed by atoms with van der Waals surface area (Å²) in [5.41, 5.74) is 41.4. The minimum Gasteiger partial charge on any atom is -0.508 e. The molecule has 0 amide bonds. The number of hydrogen-bond donors (Lipinski definition) is 12. The van der Waals surface area contributed by atoms with Gasteiger partial charge in [0.15, 0.2) is 0 Å². The normalized spacial score (nSPS) is 11.6. The number of phenols is 12. The molecule has 0 aromatic heterocycles. The molecule has 0 saturated heterocycles. The number of halogens is 1. The van der Waals surface area contributed by atoms with Crippen molar-refractivity contribution in [2.75, 3.05) is 0 Å². The van der Waals surface area contributed by atoms with Gasteiger partial charge in [-0.2, -0.15) is 0 Å². The largest absolute Gasteiger partial charge is 0.508 e. The van der Waals surface area contributed by atoms with E-state index in [1.54, 1.807) is 0 Å². The van der Waals surface area contributed by atoms with Crippen LogP contribution in [0.5, 0.6) is 69.0 Å². The van der Waals surface area contributed by atoms with Gasteiger partial charge in [0.2, 0.25) is 0 Å². The van der Waals surface area contributed by atoms with Crippen molar-refractivity contribution < 1.29 is 61.3 Å². The Morgan fingerprint density at radius 3 is 0.455 bits per heavy atom. The Bertz CT molecular complexity index is 7520. The highest BCUT2D eigenvalue weighted by molar-refractivity contribution is 9.10. The van der Waals surface area contributed by atoms with Gasteiger partial charge >= 0.3 is 0 Å². The molecule has 0 fully saturated rings. The summed E-state index contributed by atoms with van der Waals surface area (Å²) in [6, 6.07) is 84.0. The molecule has 0 aliphatic rings. The molecule has 12 nitrogen and oxygen atoms in total. The lowest BCUT2D eigenvalue weighted by Crippen LogP contribution is -2.13. The standard InChI is InChI=1S/C48H46O4.C44H44O4.C40H41BrO4/c1-25-21-41(49)29(5)17-37(25)47(38-18-30(6)42(50)22-26(38)2)45-33-13-9-11-15-35(33)46(36-16-12-10-14-34(36)45)48(39-19-31(7)43(51)23-27(39)3)40-20-32(8)44(52)24-28(40)4;1-23-19-39(45)27(5)15-35(23)43(36-16-28(6)40(46)20-24(36)2)33-13-14-34(32-12-10-9-11-31(32)33)44(37-17-29(7)41(47)21-25(37)3)38-18-30(8)42(48)22-26(38)4;1-20-15-35(42)24(5)11-30(20)39(31-12-25(6)36(43)16-21(31)2)28-9-10-29(34(41)19-28)40(32-13-26(7)37(44)17-22(32)3)33-14-27(8)38(45)18-23(33)4/h9-24,47-52H,1-8H3;9-22,43-48H,1-8H3;9-19,39-40,42-45H,1-8H3. The Morgan fingerprint density at radius 2 is 0.283 bits per heavy atom. The lowest BCUT2D eigenvalue weighted by atomic mass is 9.72. The number of benzene rings is 18. The average Bonchev–Trinajstić information content (AvgIpc) is 0.714. The maximum absolute atomic E-state index is 10.8. The Balaban J connectivity index is 0.000000156. The molecule has 12 N–H and O–H groups in total. The van der Waals surface area contributed by atoms with Crippen LogP contribution >= 0.6 is 15.9 Å². The van der Waals surface area contributed by atoms with Gasteiger partial charge in [-0.25, -0.2) is 0 Å². The zero-order valence-electron chi connectivity index (χ0n) is 87.4. The van der Waals surface area contributed by atoms with Crippen LogP contribution in [0, 0.1) is 166 Å². The second-order valence-electron chi connectivity index (χ2n) is 41.0. The van der Waals surface area contributed by atoms with Crippen LogP contribution in [0.1, 0.15) is 269 Å². The third-order valence-corrected chi connectivity index (χ3v) is 31.3. The minimum absolute atomic E-state index is 0.150. The summed E-state index contributed by atoms with van der Waals surface area (Å²) in [6.07, 6.45) is 0. The predicted octanol–water partition coefficient (Wildman–Crippen LogP) is 32.2. The van der Waals surface area contributed by atoms with Crippen molar-refractivity contribution in [1.82, 2.24) is 0 Å². The van der Waals surface area contributed by atoms with E-state index in [0.717, 1.165) is 270 Å². The molecule has 0 bridgehead atoms. The highest BCUT2D eigenvalue weighted by atomic mass is 79.9. The molecule has 0 aliphatic carbocycles. The number of fused-ring (bicyclic) bond motifs is 3. The molecule has 18 rings (SSSR count). The smallest absolute Gasteiger partial charge is 0.118 e. The van der Waals surface area contributed by atoms with Crippen LogP contribution in [0.4, 0.5) is 0 Å². The highest BCUT2D eigenvalue weighted by Gasteiger charge is 2.36. The molecule has 0 heterocycles. The lowest BCUT2D eigenvalue weighted by Gasteiger charge is -2.31. The van der Waals surface area contributed by atoms with Crippen molar-refractivity contribution in [2.45, 2.75) is 202 Å². The van der Waals surface area contributed by atoms with E-state index in [-0.39, 0.29) is 105 Å². The summed E-state index contributed by atoms with van der Waals surface area (Å²) in [4.78, 5) is 0. The first-order chi connectivity index (χ1) is 68.7. The van der Waals surface area contributed by atoms with Gasteiger partial charge in [-0.05, 0) is 511 Å². The molecule has 0 saturated carbocycles. The van der Waals surface area contributed by atoms with Crippen LogP contribution in [0.2, 0.25) is 0 Å². The van der Waals surface area contributed by atoms with Gasteiger partial charge in [-0.3, -0.25) is 0 Å². The molecule has 0 spiro atoms. The van der Waals surface area contributed by atoms with Gasteiger partial charge in [0.05, 0.1) is 0 Å². The van der Waals surface area contributed by atoms with Crippen LogP contribution in [-0.4, -0.2) is 61.3 Å². The summed E-state index contributed by atoms with van der Waals surface area (Å²) in [7, 11) is 0. The van der Waals surface area contributed by atoms with E-state index < -0.39 is 0 Å². The average molecular weight is 1990 g/mol. The lowest BCUT2D eigenvalue weighted by molar-refractivity contribution is 0.469. The van der Waals surface area contributed by atoms with Crippen molar-refractivity contribution in [2.24, 2.45) is 0 Å². The zero-order valence-corrected chi connectivity index (χ0v) is 89.0. The molecule has 13 heteroatoms. The molecule has 145 heavy (non-hydrogen) atoms. The van der Waals surface area contributed by atoms with E-state index in [9.17, 15) is 61.3 Å². The highest BCUT2D eigenvalue weighted by Crippen LogP contribution is 2.55. The van der Waals surface area contributed by atoms with E-state index in [1.165, 1.54) is 0 Å². The van der Waals surface area contributed by atoms with Crippen LogP contribution < -0.4 is 0 Å². The summed E-state index contributed by atoms with van der Waals surface area (Å²) < 4.78 is 0.937. The van der Waals surface area contributed by atoms with Gasteiger partial charge in [-0.1, -0.05) is 186 Å². The maximum atomic E-state index is 10.8. The Morgan fingerprint density at radius 1 is 0.138 bits per heavy atom. The summed E-state index contributed by atoms with van der Waals surface area (Å²) >= 11 is 3.98. The molecule has 0 aliphatic heterocycles. The third-order valence-electron chi connectivity index (χ3n) is 30.6. The van der Waals surface area contributed by atoms with Gasteiger partial charge in [0, 0.05) is 40.0 Å². The first-order valence-corrected chi connectivity index (χ1v) is 50.3. The second kappa shape index (κ2) is 40.9. The van der Waals surface area contributed by atoms with Crippen molar-refractivity contribution in [1.29, 1.82) is 0 Å². The molecule has 0 atom stereocenters. The summed E-state index contributed by atoms with van der Waals surface area (Å²) in [6.45, 7) is 47.7. The second-order valence-corrected chi connectivity index (χ2v) is 41.9. The minimum atomic E-state index is -0.226. The molecule has 0 unspecified atom stereocenters. The number of aromatic hydroxyl groups is 12. The van der Waals surface area contributed by atoms with E-state index in [0.29, 0.717) is 0 Å². The van der Waals surface area contributed by atoms with Crippen LogP contribution in [0.25, 0.3) is 32.3 Å². The number of hydrogen-bond acceptors (Lipinski definition) is 12. The summed E-state index contributed by atoms with van der Waals surface area (Å²) in [5.74, 6) is 2.14. The van der Waals surface area contributed by atoms with Crippen molar-refractivity contribution >= 4 is 48.2 Å². The quantitative estimate of drug-likeness (QED) is 0.0284. The number of rotatable bonds is 18. The van der Waals surface area contributed by atoms with Crippen molar-refractivity contribution in [3.63, 3.8) is 0 Å². The van der Waals surface area contributed by atoms with E-state index in [4.69, 9.17) is 0 Å².